The van der Waals surface area contributed by atoms with Crippen LogP contribution in [0.15, 0.2) is 18.2 Å². The average molecular weight is 218 g/mol. The van der Waals surface area contributed by atoms with Crippen LogP contribution in [0.4, 0.5) is 5.69 Å². The highest BCUT2D eigenvalue weighted by molar-refractivity contribution is 6.05. The normalized spacial score (nSPS) is 22.2. The topological polar surface area (TPSA) is 82.3 Å². The Balaban J connectivity index is 2.54. The van der Waals surface area contributed by atoms with Crippen molar-refractivity contribution in [2.24, 2.45) is 0 Å². The molecule has 82 valence electrons. The number of ether oxygens (including phenoxy) is 1. The molecule has 0 saturated heterocycles. The quantitative estimate of drug-likeness (QED) is 0.767. The first-order chi connectivity index (χ1) is 7.61. The van der Waals surface area contributed by atoms with Crippen molar-refractivity contribution in [2.75, 3.05) is 12.4 Å². The van der Waals surface area contributed by atoms with E-state index >= 15 is 0 Å². The largest absolute Gasteiger partial charge is 0.497 e. The van der Waals surface area contributed by atoms with Gasteiger partial charge in [-0.15, -0.1) is 0 Å². The highest BCUT2D eigenvalue weighted by atomic mass is 16.5. The summed E-state index contributed by atoms with van der Waals surface area (Å²) in [4.78, 5) is 11.6. The van der Waals surface area contributed by atoms with Crippen molar-refractivity contribution >= 4 is 11.6 Å². The van der Waals surface area contributed by atoms with Crippen molar-refractivity contribution in [2.45, 2.75) is 12.0 Å². The predicted molar refractivity (Wildman–Crippen MR) is 55.8 cm³/mol. The molecule has 0 fully saturated rings. The molecular formula is C11H10N2O3. The summed E-state index contributed by atoms with van der Waals surface area (Å²) in [5.41, 5.74) is -0.861. The van der Waals surface area contributed by atoms with Gasteiger partial charge in [0.2, 0.25) is 0 Å². The molecule has 0 bridgehead atoms. The van der Waals surface area contributed by atoms with E-state index in [0.29, 0.717) is 17.0 Å². The van der Waals surface area contributed by atoms with Crippen LogP contribution in [0.1, 0.15) is 12.0 Å². The van der Waals surface area contributed by atoms with E-state index < -0.39 is 11.5 Å². The number of fused-ring (bicyclic) bond motifs is 1. The van der Waals surface area contributed by atoms with Gasteiger partial charge in [-0.1, -0.05) is 0 Å². The summed E-state index contributed by atoms with van der Waals surface area (Å²) in [7, 11) is 1.50. The van der Waals surface area contributed by atoms with Crippen molar-refractivity contribution < 1.29 is 14.6 Å². The van der Waals surface area contributed by atoms with Crippen molar-refractivity contribution in [3.05, 3.63) is 23.8 Å². The first kappa shape index (κ1) is 10.5. The Morgan fingerprint density at radius 2 is 2.38 bits per heavy atom. The summed E-state index contributed by atoms with van der Waals surface area (Å²) in [5.74, 6) is -0.0380. The number of methoxy groups -OCH3 is 1. The minimum Gasteiger partial charge on any atom is -0.497 e. The van der Waals surface area contributed by atoms with Crippen LogP contribution < -0.4 is 10.1 Å². The SMILES string of the molecule is COc1ccc2c(c1)C(O)(CC#N)C(=O)N2. The fourth-order valence-electron chi connectivity index (χ4n) is 1.74. The zero-order valence-electron chi connectivity index (χ0n) is 8.65. The number of amides is 1. The van der Waals surface area contributed by atoms with Crippen molar-refractivity contribution in [1.29, 1.82) is 5.26 Å². The third-order valence-corrected chi connectivity index (χ3v) is 2.63. The smallest absolute Gasteiger partial charge is 0.262 e. The Morgan fingerprint density at radius 1 is 1.62 bits per heavy atom. The summed E-state index contributed by atoms with van der Waals surface area (Å²) in [6.45, 7) is 0. The number of benzene rings is 1. The van der Waals surface area contributed by atoms with E-state index in [1.54, 1.807) is 18.2 Å². The van der Waals surface area contributed by atoms with Crippen LogP contribution in [0.3, 0.4) is 0 Å². The van der Waals surface area contributed by atoms with E-state index in [2.05, 4.69) is 5.32 Å². The molecule has 0 saturated carbocycles. The lowest BCUT2D eigenvalue weighted by Crippen LogP contribution is -2.33. The van der Waals surface area contributed by atoms with Crippen LogP contribution in [0.5, 0.6) is 5.75 Å². The number of nitriles is 1. The van der Waals surface area contributed by atoms with Crippen LogP contribution >= 0.6 is 0 Å². The first-order valence-electron chi connectivity index (χ1n) is 4.71. The Bertz CT molecular complexity index is 492. The number of carbonyl (C=O) groups excluding carboxylic acids is 1. The number of hydrogen-bond acceptors (Lipinski definition) is 4. The van der Waals surface area contributed by atoms with E-state index in [1.165, 1.54) is 7.11 Å². The summed E-state index contributed by atoms with van der Waals surface area (Å²) in [6.07, 6.45) is -0.279. The van der Waals surface area contributed by atoms with Crippen molar-refractivity contribution in [1.82, 2.24) is 0 Å². The van der Waals surface area contributed by atoms with Gasteiger partial charge in [0.1, 0.15) is 5.75 Å². The van der Waals surface area contributed by atoms with E-state index in [9.17, 15) is 9.90 Å². The van der Waals surface area contributed by atoms with Crippen LogP contribution in [0.2, 0.25) is 0 Å². The minimum atomic E-state index is -1.77. The summed E-state index contributed by atoms with van der Waals surface area (Å²) in [5, 5.41) is 21.3. The zero-order chi connectivity index (χ0) is 11.8. The summed E-state index contributed by atoms with van der Waals surface area (Å²) >= 11 is 0. The number of aliphatic hydroxyl groups is 1. The molecule has 0 aliphatic carbocycles. The van der Waals surface area contributed by atoms with E-state index in [1.807, 2.05) is 6.07 Å². The third kappa shape index (κ3) is 1.32. The lowest BCUT2D eigenvalue weighted by Gasteiger charge is -2.17. The number of rotatable bonds is 2. The highest BCUT2D eigenvalue weighted by Crippen LogP contribution is 2.39. The Morgan fingerprint density at radius 3 is 3.00 bits per heavy atom. The maximum Gasteiger partial charge on any atom is 0.262 e. The van der Waals surface area contributed by atoms with Crippen molar-refractivity contribution in [3.63, 3.8) is 0 Å². The molecule has 1 aliphatic rings. The number of hydrogen-bond donors (Lipinski definition) is 2. The average Bonchev–Trinajstić information content (AvgIpc) is 2.52. The molecule has 1 unspecified atom stereocenters. The number of nitrogens with zero attached hydrogens (tertiary/aromatic N) is 1. The minimum absolute atomic E-state index is 0.279. The zero-order valence-corrected chi connectivity index (χ0v) is 8.65. The van der Waals surface area contributed by atoms with Crippen molar-refractivity contribution in [3.8, 4) is 11.8 Å². The van der Waals surface area contributed by atoms with Gasteiger partial charge in [-0.05, 0) is 18.2 Å². The lowest BCUT2D eigenvalue weighted by molar-refractivity contribution is -0.133. The molecule has 0 aromatic heterocycles. The second-order valence-corrected chi connectivity index (χ2v) is 3.56. The number of carbonyl (C=O) groups is 1. The number of anilines is 1. The van der Waals surface area contributed by atoms with Crippen LogP contribution in [-0.4, -0.2) is 18.1 Å². The van der Waals surface area contributed by atoms with E-state index in [4.69, 9.17) is 10.00 Å². The molecule has 0 spiro atoms. The van der Waals surface area contributed by atoms with Gasteiger partial charge >= 0.3 is 0 Å². The molecule has 1 atom stereocenters. The monoisotopic (exact) mass is 218 g/mol. The molecule has 2 rings (SSSR count). The van der Waals surface area contributed by atoms with Crippen LogP contribution in [0.25, 0.3) is 0 Å². The number of nitrogens with one attached hydrogen (secondary N) is 1. The highest BCUT2D eigenvalue weighted by Gasteiger charge is 2.45. The molecular weight excluding hydrogens is 208 g/mol. The molecule has 16 heavy (non-hydrogen) atoms. The van der Waals surface area contributed by atoms with Gasteiger partial charge in [0.25, 0.3) is 5.91 Å². The van der Waals surface area contributed by atoms with Crippen LogP contribution in [-0.2, 0) is 10.4 Å². The van der Waals surface area contributed by atoms with E-state index in [0.717, 1.165) is 0 Å². The van der Waals surface area contributed by atoms with Gasteiger partial charge in [-0.3, -0.25) is 4.79 Å². The van der Waals surface area contributed by atoms with Crippen LogP contribution in [0, 0.1) is 11.3 Å². The summed E-state index contributed by atoms with van der Waals surface area (Å²) in [6, 6.07) is 6.69. The Kier molecular flexibility index (Phi) is 2.29. The van der Waals surface area contributed by atoms with Gasteiger partial charge < -0.3 is 15.2 Å². The molecule has 1 aromatic rings. The maximum atomic E-state index is 11.6. The molecule has 5 nitrogen and oxygen atoms in total. The molecule has 2 N–H and O–H groups in total. The first-order valence-corrected chi connectivity index (χ1v) is 4.71. The van der Waals surface area contributed by atoms with Gasteiger partial charge in [0.05, 0.1) is 19.6 Å². The molecule has 1 heterocycles. The summed E-state index contributed by atoms with van der Waals surface area (Å²) < 4.78 is 5.01. The van der Waals surface area contributed by atoms with Gasteiger partial charge in [0, 0.05) is 11.3 Å². The Labute approximate surface area is 92.3 Å². The fraction of sp³-hybridized carbons (Fsp3) is 0.273. The maximum absolute atomic E-state index is 11.6. The van der Waals surface area contributed by atoms with Gasteiger partial charge in [0.15, 0.2) is 5.60 Å². The second kappa shape index (κ2) is 3.51. The molecule has 1 aliphatic heterocycles. The molecule has 0 radical (unpaired) electrons. The molecule has 1 amide bonds. The van der Waals surface area contributed by atoms with Gasteiger partial charge in [-0.2, -0.15) is 5.26 Å². The van der Waals surface area contributed by atoms with E-state index in [-0.39, 0.29) is 6.42 Å². The molecule has 1 aromatic carbocycles. The Hall–Kier alpha value is -2.06. The lowest BCUT2D eigenvalue weighted by atomic mass is 9.92. The second-order valence-electron chi connectivity index (χ2n) is 3.56. The van der Waals surface area contributed by atoms with Gasteiger partial charge in [-0.25, -0.2) is 0 Å². The third-order valence-electron chi connectivity index (χ3n) is 2.63. The fourth-order valence-corrected chi connectivity index (χ4v) is 1.74. The standard InChI is InChI=1S/C11H10N2O3/c1-16-7-2-3-9-8(6-7)11(15,4-5-12)10(14)13-9/h2-3,6,15H,4H2,1H3,(H,13,14). The predicted octanol–water partition coefficient (Wildman–Crippen LogP) is 0.749. The molecule has 5 heteroatoms.